The van der Waals surface area contributed by atoms with Crippen LogP contribution in [0.1, 0.15) is 51.8 Å². The molecule has 0 spiro atoms. The van der Waals surface area contributed by atoms with Crippen LogP contribution in [0.3, 0.4) is 0 Å². The predicted molar refractivity (Wildman–Crippen MR) is 87.8 cm³/mol. The molecule has 0 saturated heterocycles. The zero-order valence-electron chi connectivity index (χ0n) is 14.3. The Balaban J connectivity index is 2.98. The van der Waals surface area contributed by atoms with Gasteiger partial charge in [-0.25, -0.2) is 4.79 Å². The fraction of sp³-hybridized carbons (Fsp3) is 0.588. The quantitative estimate of drug-likeness (QED) is 0.896. The highest BCUT2D eigenvalue weighted by Gasteiger charge is 2.25. The highest BCUT2D eigenvalue weighted by atomic mass is 16.6. The van der Waals surface area contributed by atoms with Crippen LogP contribution in [-0.4, -0.2) is 30.2 Å². The maximum atomic E-state index is 12.3. The highest BCUT2D eigenvalue weighted by Crippen LogP contribution is 2.26. The first-order chi connectivity index (χ1) is 9.69. The van der Waals surface area contributed by atoms with Gasteiger partial charge in [0.05, 0.1) is 6.04 Å². The lowest BCUT2D eigenvalue weighted by Crippen LogP contribution is -2.38. The van der Waals surface area contributed by atoms with Crippen molar-refractivity contribution in [1.82, 2.24) is 4.90 Å². The molecule has 0 bridgehead atoms. The van der Waals surface area contributed by atoms with Crippen molar-refractivity contribution in [3.8, 4) is 0 Å². The summed E-state index contributed by atoms with van der Waals surface area (Å²) < 4.78 is 5.49. The fourth-order valence-corrected chi connectivity index (χ4v) is 2.23. The number of hydrogen-bond acceptors (Lipinski definition) is 3. The van der Waals surface area contributed by atoms with Crippen LogP contribution in [0.25, 0.3) is 0 Å². The van der Waals surface area contributed by atoms with Gasteiger partial charge < -0.3 is 15.0 Å². The second-order valence-corrected chi connectivity index (χ2v) is 6.27. The van der Waals surface area contributed by atoms with Crippen molar-refractivity contribution in [3.05, 3.63) is 29.3 Å². The topological polar surface area (TPSA) is 41.6 Å². The Morgan fingerprint density at radius 1 is 1.38 bits per heavy atom. The maximum absolute atomic E-state index is 12.3. The van der Waals surface area contributed by atoms with E-state index in [0.717, 1.165) is 11.3 Å². The maximum Gasteiger partial charge on any atom is 0.410 e. The summed E-state index contributed by atoms with van der Waals surface area (Å²) in [4.78, 5) is 14.1. The molecule has 1 unspecified atom stereocenters. The van der Waals surface area contributed by atoms with E-state index in [1.807, 2.05) is 41.7 Å². The van der Waals surface area contributed by atoms with E-state index in [-0.39, 0.29) is 12.1 Å². The first-order valence-corrected chi connectivity index (χ1v) is 7.47. The monoisotopic (exact) mass is 292 g/mol. The van der Waals surface area contributed by atoms with Gasteiger partial charge in [-0.05, 0) is 58.7 Å². The molecule has 0 radical (unpaired) electrons. The molecule has 4 heteroatoms. The van der Waals surface area contributed by atoms with Gasteiger partial charge in [-0.15, -0.1) is 0 Å². The summed E-state index contributed by atoms with van der Waals surface area (Å²) in [6.45, 7) is 12.3. The summed E-state index contributed by atoms with van der Waals surface area (Å²) in [6.07, 6.45) is -0.274. The third kappa shape index (κ3) is 4.66. The minimum absolute atomic E-state index is 0.0300. The highest BCUT2D eigenvalue weighted by molar-refractivity contribution is 5.69. The zero-order valence-corrected chi connectivity index (χ0v) is 14.3. The number of rotatable bonds is 4. The number of nitrogens with one attached hydrogen (secondary N) is 1. The Labute approximate surface area is 128 Å². The van der Waals surface area contributed by atoms with E-state index in [1.165, 1.54) is 5.56 Å². The smallest absolute Gasteiger partial charge is 0.410 e. The van der Waals surface area contributed by atoms with Gasteiger partial charge >= 0.3 is 6.09 Å². The molecule has 1 amide bonds. The molecule has 21 heavy (non-hydrogen) atoms. The van der Waals surface area contributed by atoms with Crippen molar-refractivity contribution in [2.24, 2.45) is 0 Å². The van der Waals surface area contributed by atoms with Crippen LogP contribution in [0.2, 0.25) is 0 Å². The van der Waals surface area contributed by atoms with Gasteiger partial charge in [-0.3, -0.25) is 0 Å². The molecule has 118 valence electrons. The van der Waals surface area contributed by atoms with E-state index in [2.05, 4.69) is 30.4 Å². The molecule has 0 aliphatic carbocycles. The van der Waals surface area contributed by atoms with Crippen molar-refractivity contribution < 1.29 is 9.53 Å². The van der Waals surface area contributed by atoms with Gasteiger partial charge in [0.15, 0.2) is 0 Å². The lowest BCUT2D eigenvalue weighted by Gasteiger charge is -2.31. The SMILES string of the molecule is CCN(C(=O)OC(C)(C)C)C(C)c1ccc(C)c(NC)c1. The lowest BCUT2D eigenvalue weighted by atomic mass is 10.0. The number of nitrogens with zero attached hydrogens (tertiary/aromatic N) is 1. The second-order valence-electron chi connectivity index (χ2n) is 6.27. The van der Waals surface area contributed by atoms with Crippen molar-refractivity contribution >= 4 is 11.8 Å². The number of aryl methyl sites for hydroxylation is 1. The number of carbonyl (C=O) groups is 1. The average Bonchev–Trinajstić information content (AvgIpc) is 2.37. The summed E-state index contributed by atoms with van der Waals surface area (Å²) in [5.74, 6) is 0. The van der Waals surface area contributed by atoms with Crippen molar-refractivity contribution in [1.29, 1.82) is 0 Å². The minimum Gasteiger partial charge on any atom is -0.444 e. The molecular formula is C17H28N2O2. The van der Waals surface area contributed by atoms with E-state index in [1.54, 1.807) is 4.90 Å². The van der Waals surface area contributed by atoms with Crippen LogP contribution in [-0.2, 0) is 4.74 Å². The Kier molecular flexibility index (Phi) is 5.64. The molecule has 0 heterocycles. The van der Waals surface area contributed by atoms with Crippen molar-refractivity contribution in [2.75, 3.05) is 18.9 Å². The molecule has 1 atom stereocenters. The minimum atomic E-state index is -0.479. The Morgan fingerprint density at radius 2 is 2.00 bits per heavy atom. The van der Waals surface area contributed by atoms with E-state index in [0.29, 0.717) is 6.54 Å². The average molecular weight is 292 g/mol. The normalized spacial score (nSPS) is 12.7. The van der Waals surface area contributed by atoms with Crippen molar-refractivity contribution in [3.63, 3.8) is 0 Å². The van der Waals surface area contributed by atoms with E-state index in [4.69, 9.17) is 4.74 Å². The number of benzene rings is 1. The summed E-state index contributed by atoms with van der Waals surface area (Å²) in [5, 5.41) is 3.18. The van der Waals surface area contributed by atoms with Crippen LogP contribution in [0.5, 0.6) is 0 Å². The third-order valence-electron chi connectivity index (χ3n) is 3.45. The first-order valence-electron chi connectivity index (χ1n) is 7.47. The molecule has 0 aliphatic rings. The number of carbonyl (C=O) groups excluding carboxylic acids is 1. The number of ether oxygens (including phenoxy) is 1. The molecule has 4 nitrogen and oxygen atoms in total. The van der Waals surface area contributed by atoms with Crippen LogP contribution < -0.4 is 5.32 Å². The number of anilines is 1. The predicted octanol–water partition coefficient (Wildman–Crippen LogP) is 4.35. The second kappa shape index (κ2) is 6.83. The lowest BCUT2D eigenvalue weighted by molar-refractivity contribution is 0.0186. The van der Waals surface area contributed by atoms with Crippen LogP contribution in [0, 0.1) is 6.92 Å². The van der Waals surface area contributed by atoms with Crippen molar-refractivity contribution in [2.45, 2.75) is 53.2 Å². The number of amides is 1. The molecule has 1 aromatic carbocycles. The Bertz CT molecular complexity index is 492. The van der Waals surface area contributed by atoms with Gasteiger partial charge in [0.1, 0.15) is 5.60 Å². The standard InChI is InChI=1S/C17H28N2O2/c1-8-19(16(20)21-17(4,5)6)13(3)14-10-9-12(2)15(11-14)18-7/h9-11,13,18H,8H2,1-7H3. The summed E-state index contributed by atoms with van der Waals surface area (Å²) in [7, 11) is 1.90. The van der Waals surface area contributed by atoms with Gasteiger partial charge in [-0.1, -0.05) is 12.1 Å². The third-order valence-corrected chi connectivity index (χ3v) is 3.45. The molecular weight excluding hydrogens is 264 g/mol. The van der Waals surface area contributed by atoms with E-state index in [9.17, 15) is 4.79 Å². The summed E-state index contributed by atoms with van der Waals surface area (Å²) in [5.41, 5.74) is 2.89. The fourth-order valence-electron chi connectivity index (χ4n) is 2.23. The molecule has 1 N–H and O–H groups in total. The van der Waals surface area contributed by atoms with Crippen LogP contribution in [0.15, 0.2) is 18.2 Å². The first kappa shape index (κ1) is 17.3. The largest absolute Gasteiger partial charge is 0.444 e. The molecule has 0 aromatic heterocycles. The Morgan fingerprint density at radius 3 is 2.48 bits per heavy atom. The van der Waals surface area contributed by atoms with Gasteiger partial charge in [0, 0.05) is 19.3 Å². The zero-order chi connectivity index (χ0) is 16.2. The van der Waals surface area contributed by atoms with E-state index >= 15 is 0 Å². The van der Waals surface area contributed by atoms with Crippen LogP contribution in [0.4, 0.5) is 10.5 Å². The molecule has 1 aromatic rings. The van der Waals surface area contributed by atoms with Gasteiger partial charge in [0.25, 0.3) is 0 Å². The van der Waals surface area contributed by atoms with Gasteiger partial charge in [-0.2, -0.15) is 0 Å². The molecule has 0 fully saturated rings. The summed E-state index contributed by atoms with van der Waals surface area (Å²) in [6, 6.07) is 6.19. The molecule has 0 saturated carbocycles. The summed E-state index contributed by atoms with van der Waals surface area (Å²) >= 11 is 0. The molecule has 0 aliphatic heterocycles. The molecule has 1 rings (SSSR count). The van der Waals surface area contributed by atoms with Crippen LogP contribution >= 0.6 is 0 Å². The van der Waals surface area contributed by atoms with E-state index < -0.39 is 5.60 Å². The Hall–Kier alpha value is -1.71. The number of hydrogen-bond donors (Lipinski definition) is 1. The van der Waals surface area contributed by atoms with Gasteiger partial charge in [0.2, 0.25) is 0 Å².